The Balaban J connectivity index is 4.29. The van der Waals surface area contributed by atoms with Crippen molar-refractivity contribution in [1.82, 2.24) is 0 Å². The smallest absolute Gasteiger partial charge is 0.306 e. The van der Waals surface area contributed by atoms with Gasteiger partial charge in [0.1, 0.15) is 5.78 Å². The van der Waals surface area contributed by atoms with E-state index in [-0.39, 0.29) is 30.0 Å². The van der Waals surface area contributed by atoms with Gasteiger partial charge in [0.2, 0.25) is 0 Å². The van der Waals surface area contributed by atoms with E-state index in [9.17, 15) is 9.59 Å². The molecule has 0 aromatic heterocycles. The average molecular weight is 216 g/mol. The van der Waals surface area contributed by atoms with Gasteiger partial charge < -0.3 is 9.47 Å². The van der Waals surface area contributed by atoms with Gasteiger partial charge in [0, 0.05) is 25.6 Å². The Hall–Kier alpha value is -0.900. The van der Waals surface area contributed by atoms with Crippen LogP contribution >= 0.6 is 0 Å². The second-order valence-electron chi connectivity index (χ2n) is 3.82. The van der Waals surface area contributed by atoms with Gasteiger partial charge in [-0.25, -0.2) is 0 Å². The highest BCUT2D eigenvalue weighted by molar-refractivity contribution is 5.86. The topological polar surface area (TPSA) is 52.6 Å². The summed E-state index contributed by atoms with van der Waals surface area (Å²) in [5.74, 6) is -0.587. The van der Waals surface area contributed by atoms with Crippen LogP contribution in [0.2, 0.25) is 0 Å². The molecule has 1 atom stereocenters. The van der Waals surface area contributed by atoms with Crippen LogP contribution in [0, 0.1) is 11.8 Å². The summed E-state index contributed by atoms with van der Waals surface area (Å²) >= 11 is 0. The van der Waals surface area contributed by atoms with Crippen molar-refractivity contribution < 1.29 is 19.1 Å². The van der Waals surface area contributed by atoms with Crippen LogP contribution in [0.3, 0.4) is 0 Å². The third kappa shape index (κ3) is 5.52. The molecular weight excluding hydrogens is 196 g/mol. The lowest BCUT2D eigenvalue weighted by molar-refractivity contribution is -0.144. The van der Waals surface area contributed by atoms with Crippen LogP contribution in [0.5, 0.6) is 0 Å². The number of esters is 1. The molecule has 0 spiro atoms. The second kappa shape index (κ2) is 7.40. The lowest BCUT2D eigenvalue weighted by Crippen LogP contribution is -2.24. The van der Waals surface area contributed by atoms with Crippen molar-refractivity contribution >= 4 is 11.8 Å². The second-order valence-corrected chi connectivity index (χ2v) is 3.82. The summed E-state index contributed by atoms with van der Waals surface area (Å²) in [6.07, 6.45) is 0.722. The number of methoxy groups -OCH3 is 2. The highest BCUT2D eigenvalue weighted by Gasteiger charge is 2.23. The van der Waals surface area contributed by atoms with Crippen LogP contribution in [-0.2, 0) is 19.1 Å². The minimum absolute atomic E-state index is 0.0588. The monoisotopic (exact) mass is 216 g/mol. The van der Waals surface area contributed by atoms with Gasteiger partial charge in [-0.15, -0.1) is 0 Å². The first-order valence-corrected chi connectivity index (χ1v) is 5.12. The molecule has 0 aliphatic rings. The number of carbonyl (C=O) groups excluding carboxylic acids is 2. The van der Waals surface area contributed by atoms with Crippen LogP contribution in [0.1, 0.15) is 26.7 Å². The van der Waals surface area contributed by atoms with Gasteiger partial charge in [0.25, 0.3) is 0 Å². The van der Waals surface area contributed by atoms with E-state index < -0.39 is 0 Å². The zero-order valence-corrected chi connectivity index (χ0v) is 9.91. The van der Waals surface area contributed by atoms with E-state index in [0.717, 1.165) is 0 Å². The normalized spacial score (nSPS) is 12.6. The van der Waals surface area contributed by atoms with Gasteiger partial charge in [0.05, 0.1) is 13.5 Å². The number of carbonyl (C=O) groups is 2. The zero-order chi connectivity index (χ0) is 11.8. The molecule has 15 heavy (non-hydrogen) atoms. The Bertz CT molecular complexity index is 211. The number of hydrogen-bond acceptors (Lipinski definition) is 4. The summed E-state index contributed by atoms with van der Waals surface area (Å²) in [4.78, 5) is 22.8. The average Bonchev–Trinajstić information content (AvgIpc) is 2.22. The molecule has 0 aromatic carbocycles. The van der Waals surface area contributed by atoms with Crippen LogP contribution in [-0.4, -0.2) is 32.6 Å². The van der Waals surface area contributed by atoms with Crippen LogP contribution in [0.15, 0.2) is 0 Å². The van der Waals surface area contributed by atoms with Crippen LogP contribution in [0.4, 0.5) is 0 Å². The fraction of sp³-hybridized carbons (Fsp3) is 0.818. The lowest BCUT2D eigenvalue weighted by atomic mass is 9.90. The van der Waals surface area contributed by atoms with Crippen molar-refractivity contribution in [3.63, 3.8) is 0 Å². The Labute approximate surface area is 90.9 Å². The van der Waals surface area contributed by atoms with Gasteiger partial charge in [0.15, 0.2) is 0 Å². The highest BCUT2D eigenvalue weighted by atomic mass is 16.5. The Morgan fingerprint density at radius 2 is 1.80 bits per heavy atom. The third-order valence-corrected chi connectivity index (χ3v) is 2.28. The minimum atomic E-state index is -0.342. The fourth-order valence-electron chi connectivity index (χ4n) is 1.36. The first-order chi connectivity index (χ1) is 7.02. The van der Waals surface area contributed by atoms with Gasteiger partial charge in [-0.05, 0) is 6.42 Å². The molecule has 0 heterocycles. The molecule has 4 heteroatoms. The fourth-order valence-corrected chi connectivity index (χ4v) is 1.36. The van der Waals surface area contributed by atoms with E-state index in [1.54, 1.807) is 7.11 Å². The van der Waals surface area contributed by atoms with E-state index in [1.165, 1.54) is 7.11 Å². The molecule has 0 aliphatic carbocycles. The van der Waals surface area contributed by atoms with Crippen molar-refractivity contribution in [3.8, 4) is 0 Å². The molecule has 0 amide bonds. The van der Waals surface area contributed by atoms with Crippen molar-refractivity contribution in [2.24, 2.45) is 11.8 Å². The Kier molecular flexibility index (Phi) is 6.96. The maximum Gasteiger partial charge on any atom is 0.306 e. The van der Waals surface area contributed by atoms with Crippen LogP contribution in [0.25, 0.3) is 0 Å². The van der Waals surface area contributed by atoms with E-state index in [4.69, 9.17) is 4.74 Å². The molecule has 88 valence electrons. The predicted octanol–water partition coefficient (Wildman–Crippen LogP) is 1.43. The summed E-state index contributed by atoms with van der Waals surface area (Å²) in [6.45, 7) is 4.15. The summed E-state index contributed by atoms with van der Waals surface area (Å²) < 4.78 is 9.47. The van der Waals surface area contributed by atoms with Gasteiger partial charge in [-0.3, -0.25) is 9.59 Å². The minimum Gasteiger partial charge on any atom is -0.469 e. The number of rotatable bonds is 7. The number of Topliss-reactive ketones (excluding diaryl/α,β-unsaturated/α-hetero) is 1. The largest absolute Gasteiger partial charge is 0.469 e. The molecule has 0 aliphatic heterocycles. The van der Waals surface area contributed by atoms with Crippen molar-refractivity contribution in [3.05, 3.63) is 0 Å². The molecule has 4 nitrogen and oxygen atoms in total. The van der Waals surface area contributed by atoms with E-state index >= 15 is 0 Å². The molecule has 0 aromatic rings. The molecule has 0 radical (unpaired) electrons. The maximum atomic E-state index is 11.7. The molecule has 0 saturated carbocycles. The van der Waals surface area contributed by atoms with Gasteiger partial charge in [-0.2, -0.15) is 0 Å². The van der Waals surface area contributed by atoms with E-state index in [1.807, 2.05) is 13.8 Å². The molecule has 0 bridgehead atoms. The Morgan fingerprint density at radius 1 is 1.20 bits per heavy atom. The number of hydrogen-bond donors (Lipinski definition) is 0. The van der Waals surface area contributed by atoms with Crippen molar-refractivity contribution in [1.29, 1.82) is 0 Å². The summed E-state index contributed by atoms with van der Waals surface area (Å²) in [5, 5.41) is 0. The lowest BCUT2D eigenvalue weighted by Gasteiger charge is -2.16. The van der Waals surface area contributed by atoms with Crippen molar-refractivity contribution in [2.75, 3.05) is 20.8 Å². The number of ketones is 1. The third-order valence-electron chi connectivity index (χ3n) is 2.28. The predicted molar refractivity (Wildman–Crippen MR) is 56.5 cm³/mol. The molecular formula is C11H20O4. The van der Waals surface area contributed by atoms with E-state index in [2.05, 4.69) is 4.74 Å². The Morgan fingerprint density at radius 3 is 2.20 bits per heavy atom. The van der Waals surface area contributed by atoms with Crippen molar-refractivity contribution in [2.45, 2.75) is 26.7 Å². The van der Waals surface area contributed by atoms with Crippen LogP contribution < -0.4 is 0 Å². The number of ether oxygens (including phenoxy) is 2. The first kappa shape index (κ1) is 14.1. The summed E-state index contributed by atoms with van der Waals surface area (Å²) in [6, 6.07) is 0. The van der Waals surface area contributed by atoms with Gasteiger partial charge >= 0.3 is 5.97 Å². The van der Waals surface area contributed by atoms with E-state index in [0.29, 0.717) is 13.0 Å². The maximum absolute atomic E-state index is 11.7. The first-order valence-electron chi connectivity index (χ1n) is 5.12. The molecule has 0 unspecified atom stereocenters. The summed E-state index contributed by atoms with van der Waals surface area (Å²) in [7, 11) is 2.91. The highest BCUT2D eigenvalue weighted by Crippen LogP contribution is 2.16. The molecule has 0 rings (SSSR count). The summed E-state index contributed by atoms with van der Waals surface area (Å²) in [5.41, 5.74) is 0. The SMILES string of the molecule is COCC[C@@H](CC(=O)OC)C(=O)C(C)C. The quantitative estimate of drug-likeness (QED) is 0.604. The standard InChI is InChI=1S/C11H20O4/c1-8(2)11(13)9(5-6-14-3)7-10(12)15-4/h8-9H,5-7H2,1-4H3/t9-/m0/s1. The zero-order valence-electron chi connectivity index (χ0n) is 9.91. The molecule has 0 saturated heterocycles. The molecule has 0 fully saturated rings. The molecule has 0 N–H and O–H groups in total. The van der Waals surface area contributed by atoms with Gasteiger partial charge in [-0.1, -0.05) is 13.8 Å².